The molecule has 2 aromatic carbocycles. The van der Waals surface area contributed by atoms with Crippen LogP contribution in [0.5, 0.6) is 5.75 Å². The van der Waals surface area contributed by atoms with Crippen LogP contribution in [-0.2, 0) is 26.5 Å². The fourth-order valence-electron chi connectivity index (χ4n) is 3.75. The molecule has 1 saturated carbocycles. The van der Waals surface area contributed by atoms with Gasteiger partial charge in [0, 0.05) is 17.6 Å². The van der Waals surface area contributed by atoms with E-state index in [0.717, 1.165) is 32.1 Å². The van der Waals surface area contributed by atoms with Gasteiger partial charge in [0.1, 0.15) is 10.6 Å². The Bertz CT molecular complexity index is 1210. The van der Waals surface area contributed by atoms with Crippen molar-refractivity contribution in [2.24, 2.45) is 0 Å². The number of carbonyl (C=O) groups is 1. The van der Waals surface area contributed by atoms with Crippen LogP contribution >= 0.6 is 11.6 Å². The second-order valence-electron chi connectivity index (χ2n) is 8.00. The van der Waals surface area contributed by atoms with Gasteiger partial charge < -0.3 is 10.1 Å². The van der Waals surface area contributed by atoms with E-state index in [-0.39, 0.29) is 33.1 Å². The minimum Gasteiger partial charge on any atom is -0.495 e. The van der Waals surface area contributed by atoms with E-state index in [1.807, 2.05) is 4.72 Å². The molecule has 3 N–H and O–H groups in total. The summed E-state index contributed by atoms with van der Waals surface area (Å²) in [6.45, 7) is 0.0755. The van der Waals surface area contributed by atoms with Crippen LogP contribution < -0.4 is 19.5 Å². The molecule has 0 unspecified atom stereocenters. The molecule has 2 amide bonds. The molecule has 1 fully saturated rings. The Kier molecular flexibility index (Phi) is 8.80. The van der Waals surface area contributed by atoms with Crippen molar-refractivity contribution in [1.82, 2.24) is 14.8 Å². The number of amides is 2. The minimum absolute atomic E-state index is 0.0121. The maximum absolute atomic E-state index is 12.6. The molecule has 34 heavy (non-hydrogen) atoms. The Morgan fingerprint density at radius 3 is 2.32 bits per heavy atom. The quantitative estimate of drug-likeness (QED) is 0.457. The topological polar surface area (TPSA) is 131 Å². The Labute approximate surface area is 205 Å². The minimum atomic E-state index is -4.02. The van der Waals surface area contributed by atoms with E-state index in [4.69, 9.17) is 16.3 Å². The zero-order valence-corrected chi connectivity index (χ0v) is 21.1. The van der Waals surface area contributed by atoms with Crippen molar-refractivity contribution < 1.29 is 26.4 Å². The van der Waals surface area contributed by atoms with Gasteiger partial charge in [-0.05, 0) is 55.2 Å². The van der Waals surface area contributed by atoms with Crippen LogP contribution in [0.15, 0.2) is 52.3 Å². The summed E-state index contributed by atoms with van der Waals surface area (Å²) >= 11 is 5.91. The number of carbonyl (C=O) groups excluding carboxylic acids is 1. The molecule has 1 aliphatic rings. The van der Waals surface area contributed by atoms with Crippen molar-refractivity contribution in [3.63, 3.8) is 0 Å². The van der Waals surface area contributed by atoms with E-state index < -0.39 is 26.1 Å². The number of methoxy groups -OCH3 is 1. The van der Waals surface area contributed by atoms with Crippen LogP contribution in [-0.4, -0.2) is 42.6 Å². The monoisotopic (exact) mass is 529 g/mol. The number of hydrogen-bond donors (Lipinski definition) is 3. The summed E-state index contributed by atoms with van der Waals surface area (Å²) in [6.07, 6.45) is 5.16. The van der Waals surface area contributed by atoms with E-state index in [1.165, 1.54) is 37.4 Å². The summed E-state index contributed by atoms with van der Waals surface area (Å²) in [5, 5.41) is 2.97. The van der Waals surface area contributed by atoms with Crippen LogP contribution in [0.3, 0.4) is 0 Å². The molecular weight excluding hydrogens is 502 g/mol. The third kappa shape index (κ3) is 7.08. The zero-order chi connectivity index (χ0) is 24.8. The maximum atomic E-state index is 12.6. The number of rotatable bonds is 9. The SMILES string of the molecule is COc1ccc(Cl)cc1S(=O)(=O)NCCc1ccc(S(=O)(=O)NC(=O)NC2CCCCC2)cc1. The number of hydrogen-bond acceptors (Lipinski definition) is 6. The predicted octanol–water partition coefficient (Wildman–Crippen LogP) is 3.19. The number of ether oxygens (including phenoxy) is 1. The van der Waals surface area contributed by atoms with Crippen molar-refractivity contribution >= 4 is 37.7 Å². The van der Waals surface area contributed by atoms with Gasteiger partial charge in [-0.1, -0.05) is 43.0 Å². The molecule has 3 rings (SSSR count). The molecule has 0 atom stereocenters. The Morgan fingerprint density at radius 2 is 1.68 bits per heavy atom. The van der Waals surface area contributed by atoms with Crippen molar-refractivity contribution in [3.8, 4) is 5.75 Å². The molecule has 186 valence electrons. The summed E-state index contributed by atoms with van der Waals surface area (Å²) in [7, 11) is -6.51. The number of halogens is 1. The maximum Gasteiger partial charge on any atom is 0.328 e. The Hall–Kier alpha value is -2.34. The number of nitrogens with one attached hydrogen (secondary N) is 3. The van der Waals surface area contributed by atoms with Gasteiger partial charge in [-0.15, -0.1) is 0 Å². The van der Waals surface area contributed by atoms with Gasteiger partial charge in [0.15, 0.2) is 0 Å². The third-order valence-electron chi connectivity index (χ3n) is 5.52. The molecule has 0 spiro atoms. The van der Waals surface area contributed by atoms with Gasteiger partial charge in [-0.3, -0.25) is 0 Å². The highest BCUT2D eigenvalue weighted by atomic mass is 35.5. The largest absolute Gasteiger partial charge is 0.495 e. The third-order valence-corrected chi connectivity index (χ3v) is 8.59. The highest BCUT2D eigenvalue weighted by molar-refractivity contribution is 7.90. The normalized spacial score (nSPS) is 15.0. The molecule has 9 nitrogen and oxygen atoms in total. The molecule has 0 heterocycles. The van der Waals surface area contributed by atoms with Gasteiger partial charge >= 0.3 is 6.03 Å². The van der Waals surface area contributed by atoms with E-state index in [0.29, 0.717) is 12.0 Å². The Balaban J connectivity index is 1.56. The van der Waals surface area contributed by atoms with Crippen LogP contribution in [0.4, 0.5) is 4.79 Å². The van der Waals surface area contributed by atoms with E-state index in [9.17, 15) is 21.6 Å². The lowest BCUT2D eigenvalue weighted by atomic mass is 9.96. The summed E-state index contributed by atoms with van der Waals surface area (Å²) < 4.78 is 59.8. The highest BCUT2D eigenvalue weighted by Crippen LogP contribution is 2.26. The summed E-state index contributed by atoms with van der Waals surface area (Å²) in [4.78, 5) is 12.0. The second kappa shape index (κ2) is 11.4. The second-order valence-corrected chi connectivity index (χ2v) is 11.9. The van der Waals surface area contributed by atoms with Gasteiger partial charge in [-0.2, -0.15) is 0 Å². The molecule has 12 heteroatoms. The number of benzene rings is 2. The summed E-state index contributed by atoms with van der Waals surface area (Å²) in [5.74, 6) is 0.173. The summed E-state index contributed by atoms with van der Waals surface area (Å²) in [6, 6.07) is 9.45. The average Bonchev–Trinajstić information content (AvgIpc) is 2.79. The fourth-order valence-corrected chi connectivity index (χ4v) is 6.12. The smallest absolute Gasteiger partial charge is 0.328 e. The van der Waals surface area contributed by atoms with Crippen molar-refractivity contribution in [3.05, 3.63) is 53.1 Å². The molecule has 1 aliphatic carbocycles. The lowest BCUT2D eigenvalue weighted by molar-refractivity contribution is 0.237. The van der Waals surface area contributed by atoms with E-state index in [1.54, 1.807) is 12.1 Å². The molecule has 0 saturated heterocycles. The molecule has 0 aliphatic heterocycles. The first-order valence-corrected chi connectivity index (χ1v) is 14.2. The van der Waals surface area contributed by atoms with Gasteiger partial charge in [0.2, 0.25) is 10.0 Å². The molecular formula is C22H28ClN3O6S2. The first-order chi connectivity index (χ1) is 16.1. The first kappa shape index (κ1) is 26.3. The van der Waals surface area contributed by atoms with E-state index in [2.05, 4.69) is 10.0 Å². The molecule has 0 bridgehead atoms. The van der Waals surface area contributed by atoms with Crippen LogP contribution in [0.1, 0.15) is 37.7 Å². The average molecular weight is 530 g/mol. The van der Waals surface area contributed by atoms with Crippen LogP contribution in [0.2, 0.25) is 5.02 Å². The molecule has 0 aromatic heterocycles. The van der Waals surface area contributed by atoms with Gasteiger partial charge in [0.25, 0.3) is 10.0 Å². The van der Waals surface area contributed by atoms with Crippen molar-refractivity contribution in [1.29, 1.82) is 0 Å². The first-order valence-electron chi connectivity index (χ1n) is 10.9. The number of sulfonamides is 2. The zero-order valence-electron chi connectivity index (χ0n) is 18.7. The van der Waals surface area contributed by atoms with Crippen molar-refractivity contribution in [2.45, 2.75) is 54.4 Å². The van der Waals surface area contributed by atoms with Crippen LogP contribution in [0.25, 0.3) is 0 Å². The standard InChI is InChI=1S/C22H28ClN3O6S2/c1-32-20-12-9-17(23)15-21(20)34(30,31)24-14-13-16-7-10-19(11-8-16)33(28,29)26-22(27)25-18-5-3-2-4-6-18/h7-12,15,18,24H,2-6,13-14H2,1H3,(H2,25,26,27). The van der Waals surface area contributed by atoms with Crippen molar-refractivity contribution in [2.75, 3.05) is 13.7 Å². The highest BCUT2D eigenvalue weighted by Gasteiger charge is 2.22. The van der Waals surface area contributed by atoms with Gasteiger partial charge in [0.05, 0.1) is 12.0 Å². The fraction of sp³-hybridized carbons (Fsp3) is 0.409. The van der Waals surface area contributed by atoms with Crippen LogP contribution in [0, 0.1) is 0 Å². The lowest BCUT2D eigenvalue weighted by Crippen LogP contribution is -2.45. The predicted molar refractivity (Wildman–Crippen MR) is 129 cm³/mol. The molecule has 2 aromatic rings. The van der Waals surface area contributed by atoms with E-state index >= 15 is 0 Å². The summed E-state index contributed by atoms with van der Waals surface area (Å²) in [5.41, 5.74) is 0.714. The number of urea groups is 1. The molecule has 0 radical (unpaired) electrons. The van der Waals surface area contributed by atoms with Gasteiger partial charge in [-0.25, -0.2) is 31.1 Å². The lowest BCUT2D eigenvalue weighted by Gasteiger charge is -2.22. The Morgan fingerprint density at radius 1 is 1.00 bits per heavy atom.